The maximum absolute atomic E-state index is 11.5. The first kappa shape index (κ1) is 17.3. The van der Waals surface area contributed by atoms with Crippen LogP contribution in [0.1, 0.15) is 25.3 Å². The average Bonchev–Trinajstić information content (AvgIpc) is 2.52. The molecule has 1 aromatic rings. The van der Waals surface area contributed by atoms with Gasteiger partial charge in [-0.15, -0.1) is 0 Å². The van der Waals surface area contributed by atoms with Crippen LogP contribution in [0.3, 0.4) is 0 Å². The molecule has 1 rings (SSSR count). The summed E-state index contributed by atoms with van der Waals surface area (Å²) >= 11 is 0. The predicted molar refractivity (Wildman–Crippen MR) is 82.0 cm³/mol. The van der Waals surface area contributed by atoms with Crippen LogP contribution in [0.5, 0.6) is 11.5 Å². The van der Waals surface area contributed by atoms with Gasteiger partial charge in [-0.25, -0.2) is 0 Å². The molecule has 0 amide bonds. The summed E-state index contributed by atoms with van der Waals surface area (Å²) in [7, 11) is 4.66. The summed E-state index contributed by atoms with van der Waals surface area (Å²) in [4.78, 5) is 11.5. The van der Waals surface area contributed by atoms with Gasteiger partial charge in [0, 0.05) is 12.1 Å². The SMILES string of the molecule is CCCNC(CC(=O)OC)Cc1ccc(OC)cc1OC. The molecule has 5 heteroatoms. The molecule has 0 saturated heterocycles. The molecular weight excluding hydrogens is 270 g/mol. The molecule has 0 aliphatic heterocycles. The highest BCUT2D eigenvalue weighted by molar-refractivity contribution is 5.70. The third-order valence-electron chi connectivity index (χ3n) is 3.28. The third kappa shape index (κ3) is 5.63. The minimum atomic E-state index is -0.212. The number of hydrogen-bond acceptors (Lipinski definition) is 5. The summed E-state index contributed by atoms with van der Waals surface area (Å²) in [6.45, 7) is 2.95. The first-order chi connectivity index (χ1) is 10.1. The smallest absolute Gasteiger partial charge is 0.307 e. The lowest BCUT2D eigenvalue weighted by Gasteiger charge is -2.19. The van der Waals surface area contributed by atoms with Gasteiger partial charge in [-0.3, -0.25) is 4.79 Å². The number of carbonyl (C=O) groups excluding carboxylic acids is 1. The van der Waals surface area contributed by atoms with Crippen molar-refractivity contribution in [2.75, 3.05) is 27.9 Å². The molecule has 1 N–H and O–H groups in total. The van der Waals surface area contributed by atoms with Gasteiger partial charge in [0.05, 0.1) is 27.8 Å². The summed E-state index contributed by atoms with van der Waals surface area (Å²) in [6, 6.07) is 5.74. The van der Waals surface area contributed by atoms with Crippen molar-refractivity contribution in [3.63, 3.8) is 0 Å². The molecule has 0 aliphatic carbocycles. The van der Waals surface area contributed by atoms with E-state index in [1.807, 2.05) is 18.2 Å². The van der Waals surface area contributed by atoms with E-state index in [2.05, 4.69) is 12.2 Å². The van der Waals surface area contributed by atoms with Crippen LogP contribution in [0, 0.1) is 0 Å². The maximum atomic E-state index is 11.5. The molecule has 5 nitrogen and oxygen atoms in total. The largest absolute Gasteiger partial charge is 0.497 e. The van der Waals surface area contributed by atoms with E-state index in [1.54, 1.807) is 14.2 Å². The number of methoxy groups -OCH3 is 3. The molecule has 0 radical (unpaired) electrons. The van der Waals surface area contributed by atoms with E-state index < -0.39 is 0 Å². The molecule has 1 aromatic carbocycles. The second kappa shape index (κ2) is 9.23. The van der Waals surface area contributed by atoms with E-state index in [0.29, 0.717) is 12.8 Å². The molecule has 0 spiro atoms. The number of esters is 1. The van der Waals surface area contributed by atoms with Crippen LogP contribution in [0.15, 0.2) is 18.2 Å². The lowest BCUT2D eigenvalue weighted by atomic mass is 10.0. The van der Waals surface area contributed by atoms with Crippen molar-refractivity contribution < 1.29 is 19.0 Å². The van der Waals surface area contributed by atoms with Gasteiger partial charge in [0.1, 0.15) is 11.5 Å². The lowest BCUT2D eigenvalue weighted by molar-refractivity contribution is -0.141. The fraction of sp³-hybridized carbons (Fsp3) is 0.562. The van der Waals surface area contributed by atoms with E-state index in [9.17, 15) is 4.79 Å². The van der Waals surface area contributed by atoms with Crippen molar-refractivity contribution >= 4 is 5.97 Å². The van der Waals surface area contributed by atoms with Crippen molar-refractivity contribution in [1.29, 1.82) is 0 Å². The van der Waals surface area contributed by atoms with Gasteiger partial charge in [0.25, 0.3) is 0 Å². The fourth-order valence-electron chi connectivity index (χ4n) is 2.14. The highest BCUT2D eigenvalue weighted by Gasteiger charge is 2.16. The second-order valence-electron chi connectivity index (χ2n) is 4.81. The van der Waals surface area contributed by atoms with E-state index in [0.717, 1.165) is 30.0 Å². The third-order valence-corrected chi connectivity index (χ3v) is 3.28. The topological polar surface area (TPSA) is 56.8 Å². The normalized spacial score (nSPS) is 11.8. The molecule has 0 bridgehead atoms. The Balaban J connectivity index is 2.83. The van der Waals surface area contributed by atoms with Crippen molar-refractivity contribution in [2.45, 2.75) is 32.2 Å². The first-order valence-corrected chi connectivity index (χ1v) is 7.15. The Labute approximate surface area is 126 Å². The molecule has 0 heterocycles. The number of hydrogen-bond donors (Lipinski definition) is 1. The number of benzene rings is 1. The molecule has 118 valence electrons. The summed E-state index contributed by atoms with van der Waals surface area (Å²) in [5, 5.41) is 3.38. The van der Waals surface area contributed by atoms with Gasteiger partial charge in [-0.05, 0) is 31.0 Å². The average molecular weight is 295 g/mol. The summed E-state index contributed by atoms with van der Waals surface area (Å²) in [5.41, 5.74) is 1.04. The Morgan fingerprint density at radius 2 is 2.00 bits per heavy atom. The Hall–Kier alpha value is -1.75. The molecule has 21 heavy (non-hydrogen) atoms. The van der Waals surface area contributed by atoms with Crippen molar-refractivity contribution in [3.05, 3.63) is 23.8 Å². The van der Waals surface area contributed by atoms with Crippen LogP contribution in [-0.4, -0.2) is 39.9 Å². The molecular formula is C16H25NO4. The Morgan fingerprint density at radius 3 is 2.57 bits per heavy atom. The van der Waals surface area contributed by atoms with Gasteiger partial charge < -0.3 is 19.5 Å². The Kier molecular flexibility index (Phi) is 7.61. The molecule has 0 fully saturated rings. The Morgan fingerprint density at radius 1 is 1.24 bits per heavy atom. The van der Waals surface area contributed by atoms with Gasteiger partial charge >= 0.3 is 5.97 Å². The number of ether oxygens (including phenoxy) is 3. The van der Waals surface area contributed by atoms with Crippen molar-refractivity contribution in [2.24, 2.45) is 0 Å². The van der Waals surface area contributed by atoms with Gasteiger partial charge in [0.2, 0.25) is 0 Å². The van der Waals surface area contributed by atoms with Crippen molar-refractivity contribution in [3.8, 4) is 11.5 Å². The maximum Gasteiger partial charge on any atom is 0.307 e. The lowest BCUT2D eigenvalue weighted by Crippen LogP contribution is -2.34. The quantitative estimate of drug-likeness (QED) is 0.708. The predicted octanol–water partition coefficient (Wildman–Crippen LogP) is 2.18. The zero-order valence-corrected chi connectivity index (χ0v) is 13.3. The van der Waals surface area contributed by atoms with E-state index >= 15 is 0 Å². The van der Waals surface area contributed by atoms with Crippen LogP contribution in [0.25, 0.3) is 0 Å². The van der Waals surface area contributed by atoms with Gasteiger partial charge in [0.15, 0.2) is 0 Å². The van der Waals surface area contributed by atoms with Crippen LogP contribution < -0.4 is 14.8 Å². The van der Waals surface area contributed by atoms with Gasteiger partial charge in [-0.1, -0.05) is 13.0 Å². The summed E-state index contributed by atoms with van der Waals surface area (Å²) in [5.74, 6) is 1.31. The fourth-order valence-corrected chi connectivity index (χ4v) is 2.14. The molecule has 0 aliphatic rings. The monoisotopic (exact) mass is 295 g/mol. The zero-order valence-electron chi connectivity index (χ0n) is 13.3. The van der Waals surface area contributed by atoms with Crippen LogP contribution in [-0.2, 0) is 16.0 Å². The minimum Gasteiger partial charge on any atom is -0.497 e. The van der Waals surface area contributed by atoms with Gasteiger partial charge in [-0.2, -0.15) is 0 Å². The molecule has 0 aromatic heterocycles. The standard InChI is InChI=1S/C16H25NO4/c1-5-8-17-13(10-16(18)21-4)9-12-6-7-14(19-2)11-15(12)20-3/h6-7,11,13,17H,5,8-10H2,1-4H3. The summed E-state index contributed by atoms with van der Waals surface area (Å²) < 4.78 is 15.4. The van der Waals surface area contributed by atoms with E-state index in [1.165, 1.54) is 7.11 Å². The van der Waals surface area contributed by atoms with Crippen molar-refractivity contribution in [1.82, 2.24) is 5.32 Å². The molecule has 1 unspecified atom stereocenters. The van der Waals surface area contributed by atoms with E-state index in [-0.39, 0.29) is 12.0 Å². The number of rotatable bonds is 9. The molecule has 1 atom stereocenters. The highest BCUT2D eigenvalue weighted by Crippen LogP contribution is 2.26. The van der Waals surface area contributed by atoms with Crippen LogP contribution >= 0.6 is 0 Å². The Bertz CT molecular complexity index is 448. The van der Waals surface area contributed by atoms with Crippen LogP contribution in [0.2, 0.25) is 0 Å². The van der Waals surface area contributed by atoms with Crippen LogP contribution in [0.4, 0.5) is 0 Å². The molecule has 0 saturated carbocycles. The highest BCUT2D eigenvalue weighted by atomic mass is 16.5. The minimum absolute atomic E-state index is 0.0275. The second-order valence-corrected chi connectivity index (χ2v) is 4.81. The zero-order chi connectivity index (χ0) is 15.7. The summed E-state index contributed by atoms with van der Waals surface area (Å²) in [6.07, 6.45) is 2.05. The number of carbonyl (C=O) groups is 1. The number of nitrogens with one attached hydrogen (secondary N) is 1. The van der Waals surface area contributed by atoms with E-state index in [4.69, 9.17) is 14.2 Å². The first-order valence-electron chi connectivity index (χ1n) is 7.15.